The maximum absolute atomic E-state index is 12.5. The van der Waals surface area contributed by atoms with Crippen molar-refractivity contribution in [3.05, 3.63) is 63.3 Å². The Morgan fingerprint density at radius 3 is 2.42 bits per heavy atom. The lowest BCUT2D eigenvalue weighted by Crippen LogP contribution is -2.11. The van der Waals surface area contributed by atoms with E-state index in [1.54, 1.807) is 23.6 Å². The Hall–Kier alpha value is -2.45. The predicted molar refractivity (Wildman–Crippen MR) is 94.9 cm³/mol. The summed E-state index contributed by atoms with van der Waals surface area (Å²) >= 11 is 1.10. The first kappa shape index (κ1) is 16.4. The van der Waals surface area contributed by atoms with Crippen LogP contribution in [0.4, 0.5) is 5.69 Å². The number of sulfonamides is 1. The largest absolute Gasteiger partial charge is 0.279 e. The van der Waals surface area contributed by atoms with Crippen molar-refractivity contribution in [3.8, 4) is 11.3 Å². The van der Waals surface area contributed by atoms with Gasteiger partial charge in [-0.3, -0.25) is 9.52 Å². The highest BCUT2D eigenvalue weighted by Gasteiger charge is 2.18. The Morgan fingerprint density at radius 1 is 1.08 bits per heavy atom. The third-order valence-electron chi connectivity index (χ3n) is 3.29. The topological polar surface area (TPSA) is 91.9 Å². The van der Waals surface area contributed by atoms with Crippen LogP contribution in [0, 0.1) is 13.8 Å². The van der Waals surface area contributed by atoms with E-state index in [-0.39, 0.29) is 9.77 Å². The molecule has 6 nitrogen and oxygen atoms in total. The number of aromatic nitrogens is 2. The third-order valence-corrected chi connectivity index (χ3v) is 6.11. The maximum atomic E-state index is 12.5. The minimum Gasteiger partial charge on any atom is -0.279 e. The molecule has 0 saturated heterocycles. The van der Waals surface area contributed by atoms with E-state index in [4.69, 9.17) is 0 Å². The van der Waals surface area contributed by atoms with Crippen LogP contribution in [0.3, 0.4) is 0 Å². The number of H-pyrrole nitrogens is 1. The van der Waals surface area contributed by atoms with Gasteiger partial charge in [-0.25, -0.2) is 13.5 Å². The molecule has 8 heteroatoms. The summed E-state index contributed by atoms with van der Waals surface area (Å²) in [6.07, 6.45) is 0. The highest BCUT2D eigenvalue weighted by atomic mass is 32.2. The van der Waals surface area contributed by atoms with Crippen LogP contribution in [0.15, 0.2) is 50.8 Å². The predicted octanol–water partition coefficient (Wildman–Crippen LogP) is 2.92. The molecule has 2 heterocycles. The number of hydrogen-bond donors (Lipinski definition) is 2. The van der Waals surface area contributed by atoms with Crippen LogP contribution in [0.25, 0.3) is 11.3 Å². The molecule has 0 amide bonds. The Morgan fingerprint density at radius 2 is 1.79 bits per heavy atom. The summed E-state index contributed by atoms with van der Waals surface area (Å²) in [5.74, 6) is 0. The number of rotatable bonds is 4. The van der Waals surface area contributed by atoms with Crippen molar-refractivity contribution < 1.29 is 8.42 Å². The van der Waals surface area contributed by atoms with Crippen LogP contribution in [-0.4, -0.2) is 18.6 Å². The van der Waals surface area contributed by atoms with Gasteiger partial charge in [0.25, 0.3) is 15.6 Å². The number of aromatic amines is 1. The zero-order valence-electron chi connectivity index (χ0n) is 13.0. The fourth-order valence-corrected chi connectivity index (χ4v) is 4.55. The second kappa shape index (κ2) is 6.21. The quantitative estimate of drug-likeness (QED) is 0.747. The van der Waals surface area contributed by atoms with Crippen molar-refractivity contribution in [1.82, 2.24) is 10.2 Å². The number of nitrogens with zero attached hydrogens (tertiary/aromatic N) is 1. The van der Waals surface area contributed by atoms with Gasteiger partial charge in [0.2, 0.25) is 0 Å². The zero-order chi connectivity index (χ0) is 17.3. The lowest BCUT2D eigenvalue weighted by Gasteiger charge is -2.08. The minimum absolute atomic E-state index is 0.185. The first-order valence-corrected chi connectivity index (χ1v) is 9.45. The SMILES string of the molecule is Cc1cc(C)cc(NS(=O)(=O)c2cc(-c3ccc(=O)[nH]n3)cs2)c1. The summed E-state index contributed by atoms with van der Waals surface area (Å²) in [5.41, 5.74) is 3.34. The summed E-state index contributed by atoms with van der Waals surface area (Å²) < 4.78 is 27.9. The Labute approximate surface area is 143 Å². The molecule has 2 aromatic heterocycles. The lowest BCUT2D eigenvalue weighted by atomic mass is 10.1. The van der Waals surface area contributed by atoms with Gasteiger partial charge in [0, 0.05) is 22.7 Å². The molecule has 0 spiro atoms. The molecular weight excluding hydrogens is 346 g/mol. The van der Waals surface area contributed by atoms with Crippen LogP contribution in [0.1, 0.15) is 11.1 Å². The maximum Gasteiger partial charge on any atom is 0.271 e. The van der Waals surface area contributed by atoms with Gasteiger partial charge in [-0.15, -0.1) is 11.3 Å². The average molecular weight is 361 g/mol. The number of hydrogen-bond acceptors (Lipinski definition) is 5. The van der Waals surface area contributed by atoms with Gasteiger partial charge in [-0.1, -0.05) is 6.07 Å². The van der Waals surface area contributed by atoms with E-state index >= 15 is 0 Å². The molecule has 0 radical (unpaired) electrons. The molecule has 1 aromatic carbocycles. The highest BCUT2D eigenvalue weighted by Crippen LogP contribution is 2.28. The zero-order valence-corrected chi connectivity index (χ0v) is 14.7. The molecule has 124 valence electrons. The number of nitrogens with one attached hydrogen (secondary N) is 2. The number of benzene rings is 1. The standard InChI is InChI=1S/C16H15N3O3S2/c1-10-5-11(2)7-13(6-10)19-24(21,22)16-8-12(9-23-16)14-3-4-15(20)18-17-14/h3-9,19H,1-2H3,(H,18,20). The van der Waals surface area contributed by atoms with Crippen LogP contribution in [-0.2, 0) is 10.0 Å². The van der Waals surface area contributed by atoms with Crippen LogP contribution in [0.2, 0.25) is 0 Å². The first-order valence-electron chi connectivity index (χ1n) is 7.09. The van der Waals surface area contributed by atoms with Gasteiger partial charge in [0.05, 0.1) is 5.69 Å². The van der Waals surface area contributed by atoms with E-state index in [0.29, 0.717) is 16.9 Å². The molecule has 3 aromatic rings. The molecule has 0 aliphatic rings. The van der Waals surface area contributed by atoms with Crippen molar-refractivity contribution in [1.29, 1.82) is 0 Å². The minimum atomic E-state index is -3.67. The molecule has 0 unspecified atom stereocenters. The number of anilines is 1. The Balaban J connectivity index is 1.90. The van der Waals surface area contributed by atoms with E-state index in [1.807, 2.05) is 19.9 Å². The van der Waals surface area contributed by atoms with E-state index in [1.165, 1.54) is 12.1 Å². The van der Waals surface area contributed by atoms with E-state index in [2.05, 4.69) is 14.9 Å². The van der Waals surface area contributed by atoms with Crippen molar-refractivity contribution in [3.63, 3.8) is 0 Å². The van der Waals surface area contributed by atoms with Crippen LogP contribution < -0.4 is 10.3 Å². The summed E-state index contributed by atoms with van der Waals surface area (Å²) in [5, 5.41) is 7.93. The van der Waals surface area contributed by atoms with Gasteiger partial charge in [0.15, 0.2) is 0 Å². The molecule has 0 aliphatic carbocycles. The van der Waals surface area contributed by atoms with Crippen molar-refractivity contribution in [2.45, 2.75) is 18.1 Å². The van der Waals surface area contributed by atoms with Crippen molar-refractivity contribution >= 4 is 27.0 Å². The third kappa shape index (κ3) is 3.55. The fraction of sp³-hybridized carbons (Fsp3) is 0.125. The molecule has 0 bridgehead atoms. The lowest BCUT2D eigenvalue weighted by molar-refractivity contribution is 0.603. The molecule has 24 heavy (non-hydrogen) atoms. The van der Waals surface area contributed by atoms with Gasteiger partial charge in [-0.05, 0) is 49.2 Å². The molecule has 2 N–H and O–H groups in total. The summed E-state index contributed by atoms with van der Waals surface area (Å²) in [7, 11) is -3.67. The smallest absolute Gasteiger partial charge is 0.271 e. The van der Waals surface area contributed by atoms with Crippen molar-refractivity contribution in [2.75, 3.05) is 4.72 Å². The first-order chi connectivity index (χ1) is 11.3. The molecule has 0 fully saturated rings. The highest BCUT2D eigenvalue weighted by molar-refractivity contribution is 7.94. The molecule has 0 saturated carbocycles. The second-order valence-corrected chi connectivity index (χ2v) is 8.26. The molecule has 0 atom stereocenters. The second-order valence-electron chi connectivity index (χ2n) is 5.44. The van der Waals surface area contributed by atoms with Crippen molar-refractivity contribution in [2.24, 2.45) is 0 Å². The summed E-state index contributed by atoms with van der Waals surface area (Å²) in [6.45, 7) is 3.83. The number of thiophene rings is 1. The van der Waals surface area contributed by atoms with E-state index in [0.717, 1.165) is 22.5 Å². The van der Waals surface area contributed by atoms with Crippen LogP contribution >= 0.6 is 11.3 Å². The summed E-state index contributed by atoms with van der Waals surface area (Å²) in [6, 6.07) is 9.97. The summed E-state index contributed by atoms with van der Waals surface area (Å²) in [4.78, 5) is 11.1. The monoisotopic (exact) mass is 361 g/mol. The molecule has 3 rings (SSSR count). The Kier molecular flexibility index (Phi) is 4.25. The van der Waals surface area contributed by atoms with Crippen LogP contribution in [0.5, 0.6) is 0 Å². The average Bonchev–Trinajstić information content (AvgIpc) is 2.97. The Bertz CT molecular complexity index is 1010. The van der Waals surface area contributed by atoms with Gasteiger partial charge < -0.3 is 0 Å². The fourth-order valence-electron chi connectivity index (χ4n) is 2.34. The van der Waals surface area contributed by atoms with Gasteiger partial charge in [0.1, 0.15) is 4.21 Å². The normalized spacial score (nSPS) is 11.4. The van der Waals surface area contributed by atoms with Gasteiger partial charge in [-0.2, -0.15) is 5.10 Å². The molecule has 0 aliphatic heterocycles. The van der Waals surface area contributed by atoms with E-state index in [9.17, 15) is 13.2 Å². The van der Waals surface area contributed by atoms with E-state index < -0.39 is 10.0 Å². The number of aryl methyl sites for hydroxylation is 2. The molecular formula is C16H15N3O3S2. The van der Waals surface area contributed by atoms with Gasteiger partial charge >= 0.3 is 0 Å².